The van der Waals surface area contributed by atoms with Gasteiger partial charge in [-0.1, -0.05) is 0 Å². The van der Waals surface area contributed by atoms with Crippen molar-refractivity contribution in [3.05, 3.63) is 24.0 Å². The molecule has 0 aromatic carbocycles. The maximum absolute atomic E-state index is 12.0. The number of aliphatic hydroxyl groups excluding tert-OH is 1. The van der Waals surface area contributed by atoms with E-state index in [1.54, 1.807) is 18.0 Å². The standard InChI is InChI=1S/C10H14N4O2/c1-14(8-5-11-6-9(8)15)10(16)7-2-3-12-13-4-7/h2-4,8-9,11,15H,5-6H2,1H3/t8-,9-/m0/s1. The Kier molecular flexibility index (Phi) is 3.12. The predicted molar refractivity (Wildman–Crippen MR) is 56.8 cm³/mol. The van der Waals surface area contributed by atoms with Crippen LogP contribution in [0.4, 0.5) is 0 Å². The molecule has 2 atom stereocenters. The smallest absolute Gasteiger partial charge is 0.255 e. The van der Waals surface area contributed by atoms with Crippen LogP contribution in [0.1, 0.15) is 10.4 Å². The third-order valence-corrected chi connectivity index (χ3v) is 2.80. The molecule has 0 bridgehead atoms. The Hall–Kier alpha value is -1.53. The molecule has 2 rings (SSSR count). The van der Waals surface area contributed by atoms with E-state index in [1.165, 1.54) is 12.4 Å². The fraction of sp³-hybridized carbons (Fsp3) is 0.500. The third kappa shape index (κ3) is 2.02. The van der Waals surface area contributed by atoms with Gasteiger partial charge in [0.2, 0.25) is 0 Å². The van der Waals surface area contributed by atoms with Crippen LogP contribution in [-0.4, -0.2) is 58.4 Å². The predicted octanol–water partition coefficient (Wildman–Crippen LogP) is -1.12. The maximum atomic E-state index is 12.0. The molecule has 1 amide bonds. The number of rotatable bonds is 2. The quantitative estimate of drug-likeness (QED) is 0.663. The lowest BCUT2D eigenvalue weighted by Crippen LogP contribution is -2.44. The number of carbonyl (C=O) groups is 1. The summed E-state index contributed by atoms with van der Waals surface area (Å²) in [5, 5.41) is 20.0. The van der Waals surface area contributed by atoms with E-state index in [2.05, 4.69) is 15.5 Å². The summed E-state index contributed by atoms with van der Waals surface area (Å²) in [6.07, 6.45) is 2.39. The van der Waals surface area contributed by atoms with Gasteiger partial charge in [-0.05, 0) is 6.07 Å². The summed E-state index contributed by atoms with van der Waals surface area (Å²) in [5.74, 6) is -0.150. The summed E-state index contributed by atoms with van der Waals surface area (Å²) in [6, 6.07) is 1.43. The van der Waals surface area contributed by atoms with Crippen LogP contribution in [0.25, 0.3) is 0 Å². The van der Waals surface area contributed by atoms with Crippen LogP contribution in [0.2, 0.25) is 0 Å². The van der Waals surface area contributed by atoms with Gasteiger partial charge in [-0.15, -0.1) is 0 Å². The molecule has 16 heavy (non-hydrogen) atoms. The van der Waals surface area contributed by atoms with Crippen molar-refractivity contribution in [2.45, 2.75) is 12.1 Å². The second-order valence-corrected chi connectivity index (χ2v) is 3.84. The topological polar surface area (TPSA) is 78.4 Å². The molecule has 0 aliphatic carbocycles. The minimum Gasteiger partial charge on any atom is -0.390 e. The molecule has 1 aliphatic heterocycles. The molecular weight excluding hydrogens is 208 g/mol. The monoisotopic (exact) mass is 222 g/mol. The van der Waals surface area contributed by atoms with E-state index >= 15 is 0 Å². The highest BCUT2D eigenvalue weighted by molar-refractivity contribution is 5.93. The molecule has 1 aromatic rings. The fourth-order valence-corrected chi connectivity index (χ4v) is 1.82. The maximum Gasteiger partial charge on any atom is 0.255 e. The van der Waals surface area contributed by atoms with Crippen molar-refractivity contribution in [3.63, 3.8) is 0 Å². The van der Waals surface area contributed by atoms with E-state index in [1.807, 2.05) is 0 Å². The van der Waals surface area contributed by atoms with Gasteiger partial charge in [0, 0.05) is 20.1 Å². The highest BCUT2D eigenvalue weighted by Gasteiger charge is 2.31. The van der Waals surface area contributed by atoms with Crippen molar-refractivity contribution in [1.82, 2.24) is 20.4 Å². The number of amides is 1. The van der Waals surface area contributed by atoms with Gasteiger partial charge in [0.25, 0.3) is 5.91 Å². The molecule has 0 spiro atoms. The highest BCUT2D eigenvalue weighted by atomic mass is 16.3. The third-order valence-electron chi connectivity index (χ3n) is 2.80. The summed E-state index contributed by atoms with van der Waals surface area (Å²) >= 11 is 0. The number of nitrogens with zero attached hydrogens (tertiary/aromatic N) is 3. The van der Waals surface area contributed by atoms with Gasteiger partial charge in [0.15, 0.2) is 0 Å². The van der Waals surface area contributed by atoms with E-state index in [-0.39, 0.29) is 11.9 Å². The first-order valence-electron chi connectivity index (χ1n) is 5.13. The van der Waals surface area contributed by atoms with Crippen molar-refractivity contribution in [3.8, 4) is 0 Å². The first-order valence-corrected chi connectivity index (χ1v) is 5.13. The van der Waals surface area contributed by atoms with E-state index in [4.69, 9.17) is 0 Å². The molecule has 1 fully saturated rings. The first-order chi connectivity index (χ1) is 7.70. The Morgan fingerprint density at radius 1 is 1.56 bits per heavy atom. The highest BCUT2D eigenvalue weighted by Crippen LogP contribution is 2.10. The Balaban J connectivity index is 2.10. The zero-order chi connectivity index (χ0) is 11.5. The van der Waals surface area contributed by atoms with E-state index < -0.39 is 6.10 Å². The number of hydrogen-bond acceptors (Lipinski definition) is 5. The van der Waals surface area contributed by atoms with E-state index in [9.17, 15) is 9.90 Å². The lowest BCUT2D eigenvalue weighted by Gasteiger charge is -2.26. The average molecular weight is 222 g/mol. The Morgan fingerprint density at radius 3 is 2.94 bits per heavy atom. The number of likely N-dealkylation sites (N-methyl/N-ethyl adjacent to an activating group) is 1. The summed E-state index contributed by atoms with van der Waals surface area (Å²) < 4.78 is 0. The van der Waals surface area contributed by atoms with Gasteiger partial charge in [0.05, 0.1) is 30.1 Å². The zero-order valence-corrected chi connectivity index (χ0v) is 9.00. The van der Waals surface area contributed by atoms with Crippen LogP contribution in [0.5, 0.6) is 0 Å². The molecule has 0 unspecified atom stereocenters. The molecule has 1 aliphatic rings. The average Bonchev–Trinajstić information content (AvgIpc) is 2.75. The van der Waals surface area contributed by atoms with Crippen molar-refractivity contribution in [2.24, 2.45) is 0 Å². The van der Waals surface area contributed by atoms with Gasteiger partial charge >= 0.3 is 0 Å². The number of nitrogens with one attached hydrogen (secondary N) is 1. The molecule has 6 heteroatoms. The minimum absolute atomic E-state index is 0.150. The molecule has 6 nitrogen and oxygen atoms in total. The lowest BCUT2D eigenvalue weighted by atomic mass is 10.1. The molecule has 0 radical (unpaired) electrons. The Bertz CT molecular complexity index is 370. The van der Waals surface area contributed by atoms with Crippen LogP contribution in [-0.2, 0) is 0 Å². The Morgan fingerprint density at radius 2 is 2.38 bits per heavy atom. The van der Waals surface area contributed by atoms with Crippen LogP contribution >= 0.6 is 0 Å². The largest absolute Gasteiger partial charge is 0.390 e. The number of aromatic nitrogens is 2. The van der Waals surface area contributed by atoms with Gasteiger partial charge < -0.3 is 15.3 Å². The first kappa shape index (κ1) is 11.0. The molecule has 2 heterocycles. The summed E-state index contributed by atoms with van der Waals surface area (Å²) in [7, 11) is 1.68. The number of β-amino-alcohol motifs (C(OH)–C–C–N with tert-alkyl or cyclic N) is 1. The van der Waals surface area contributed by atoms with Gasteiger partial charge in [-0.25, -0.2) is 0 Å². The van der Waals surface area contributed by atoms with Crippen molar-refractivity contribution < 1.29 is 9.90 Å². The minimum atomic E-state index is -0.510. The number of hydrogen-bond donors (Lipinski definition) is 2. The fourth-order valence-electron chi connectivity index (χ4n) is 1.82. The van der Waals surface area contributed by atoms with Crippen LogP contribution in [0, 0.1) is 0 Å². The number of carbonyl (C=O) groups excluding carboxylic acids is 1. The number of aliphatic hydroxyl groups is 1. The second kappa shape index (κ2) is 4.54. The molecule has 1 aromatic heterocycles. The summed E-state index contributed by atoms with van der Waals surface area (Å²) in [4.78, 5) is 13.5. The molecule has 0 saturated carbocycles. The SMILES string of the molecule is CN(C(=O)c1ccnnc1)[C@H]1CNC[C@@H]1O. The molecule has 86 valence electrons. The van der Waals surface area contributed by atoms with Crippen LogP contribution < -0.4 is 5.32 Å². The van der Waals surface area contributed by atoms with Crippen LogP contribution in [0.3, 0.4) is 0 Å². The van der Waals surface area contributed by atoms with Crippen molar-refractivity contribution in [1.29, 1.82) is 0 Å². The van der Waals surface area contributed by atoms with Gasteiger partial charge in [0.1, 0.15) is 0 Å². The van der Waals surface area contributed by atoms with Crippen LogP contribution in [0.15, 0.2) is 18.5 Å². The zero-order valence-electron chi connectivity index (χ0n) is 9.00. The van der Waals surface area contributed by atoms with E-state index in [0.29, 0.717) is 18.7 Å². The summed E-state index contributed by atoms with van der Waals surface area (Å²) in [6.45, 7) is 1.14. The normalized spacial score (nSPS) is 24.4. The van der Waals surface area contributed by atoms with Gasteiger partial charge in [-0.3, -0.25) is 4.79 Å². The molecular formula is C10H14N4O2. The second-order valence-electron chi connectivity index (χ2n) is 3.84. The summed E-state index contributed by atoms with van der Waals surface area (Å²) in [5.41, 5.74) is 0.483. The Labute approximate surface area is 93.3 Å². The van der Waals surface area contributed by atoms with Crippen molar-refractivity contribution >= 4 is 5.91 Å². The molecule has 1 saturated heterocycles. The van der Waals surface area contributed by atoms with Gasteiger partial charge in [-0.2, -0.15) is 10.2 Å². The van der Waals surface area contributed by atoms with Crippen molar-refractivity contribution in [2.75, 3.05) is 20.1 Å². The molecule has 2 N–H and O–H groups in total. The van der Waals surface area contributed by atoms with E-state index in [0.717, 1.165) is 0 Å². The lowest BCUT2D eigenvalue weighted by molar-refractivity contribution is 0.0580.